The van der Waals surface area contributed by atoms with Crippen LogP contribution in [-0.2, 0) is 21.1 Å². The van der Waals surface area contributed by atoms with E-state index in [9.17, 15) is 0 Å². The molecule has 5 heteroatoms. The van der Waals surface area contributed by atoms with E-state index in [0.29, 0.717) is 11.5 Å². The molecule has 7 aromatic rings. The molecule has 3 aromatic heterocycles. The Hall–Kier alpha value is -3.85. The van der Waals surface area contributed by atoms with Crippen LogP contribution in [0.25, 0.3) is 53.5 Å². The molecule has 0 atom stereocenters. The van der Waals surface area contributed by atoms with E-state index in [1.54, 1.807) is 17.5 Å². The monoisotopic (exact) mass is 673 g/mol. The molecule has 0 unspecified atom stereocenters. The first-order chi connectivity index (χ1) is 17.8. The van der Waals surface area contributed by atoms with Crippen molar-refractivity contribution in [2.24, 2.45) is 0 Å². The Kier molecular flexibility index (Phi) is 6.29. The van der Waals surface area contributed by atoms with Gasteiger partial charge >= 0.3 is 21.1 Å². The SMILES string of the molecule is [Pt+2].[c-]1c(Oc2[c-]c(-c3nccc4c3sc3cc5ccccc5cc34)ccc2)cccc1-c1ccccn1. The van der Waals surface area contributed by atoms with Gasteiger partial charge in [0.2, 0.25) is 0 Å². The van der Waals surface area contributed by atoms with Crippen LogP contribution in [0, 0.1) is 12.1 Å². The fourth-order valence-corrected chi connectivity index (χ4v) is 5.75. The van der Waals surface area contributed by atoms with Gasteiger partial charge in [-0.2, -0.15) is 0 Å². The van der Waals surface area contributed by atoms with Crippen LogP contribution in [0.15, 0.2) is 109 Å². The quantitative estimate of drug-likeness (QED) is 0.175. The fraction of sp³-hybridized carbons (Fsp3) is 0. The number of thiophene rings is 1. The van der Waals surface area contributed by atoms with Crippen molar-refractivity contribution in [1.29, 1.82) is 0 Å². The van der Waals surface area contributed by atoms with Crippen LogP contribution in [-0.4, -0.2) is 9.97 Å². The molecule has 0 N–H and O–H groups in total. The van der Waals surface area contributed by atoms with E-state index < -0.39 is 0 Å². The van der Waals surface area contributed by atoms with E-state index in [-0.39, 0.29) is 21.1 Å². The number of nitrogens with zero attached hydrogens (tertiary/aromatic N) is 2. The van der Waals surface area contributed by atoms with Crippen LogP contribution in [0.4, 0.5) is 0 Å². The number of aromatic nitrogens is 2. The number of fused-ring (bicyclic) bond motifs is 4. The molecule has 3 heterocycles. The van der Waals surface area contributed by atoms with Crippen LogP contribution in [0.5, 0.6) is 11.5 Å². The van der Waals surface area contributed by atoms with Crippen molar-refractivity contribution in [2.75, 3.05) is 0 Å². The number of ether oxygens (including phenoxy) is 1. The van der Waals surface area contributed by atoms with Gasteiger partial charge < -0.3 is 14.7 Å². The van der Waals surface area contributed by atoms with Crippen molar-refractivity contribution in [3.8, 4) is 34.0 Å². The largest absolute Gasteiger partial charge is 2.00 e. The summed E-state index contributed by atoms with van der Waals surface area (Å²) in [6.45, 7) is 0. The Morgan fingerprint density at radius 3 is 2.14 bits per heavy atom. The van der Waals surface area contributed by atoms with E-state index in [1.165, 1.54) is 26.2 Å². The van der Waals surface area contributed by atoms with Gasteiger partial charge in [-0.25, -0.2) is 0 Å². The van der Waals surface area contributed by atoms with Gasteiger partial charge in [0.15, 0.2) is 0 Å². The van der Waals surface area contributed by atoms with E-state index in [1.807, 2.05) is 60.8 Å². The predicted molar refractivity (Wildman–Crippen MR) is 147 cm³/mol. The topological polar surface area (TPSA) is 35.0 Å². The summed E-state index contributed by atoms with van der Waals surface area (Å²) >= 11 is 1.77. The van der Waals surface area contributed by atoms with E-state index in [4.69, 9.17) is 9.72 Å². The van der Waals surface area contributed by atoms with Crippen LogP contribution in [0.3, 0.4) is 0 Å². The maximum Gasteiger partial charge on any atom is 2.00 e. The van der Waals surface area contributed by atoms with Gasteiger partial charge in [-0.3, -0.25) is 0 Å². The molecule has 0 aliphatic heterocycles. The van der Waals surface area contributed by atoms with Crippen LogP contribution >= 0.6 is 11.3 Å². The van der Waals surface area contributed by atoms with Crippen LogP contribution < -0.4 is 4.74 Å². The van der Waals surface area contributed by atoms with Crippen molar-refractivity contribution in [2.45, 2.75) is 0 Å². The molecule has 0 spiro atoms. The second-order valence-corrected chi connectivity index (χ2v) is 9.56. The maximum atomic E-state index is 6.16. The molecule has 0 amide bonds. The van der Waals surface area contributed by atoms with Gasteiger partial charge in [0.25, 0.3) is 0 Å². The zero-order chi connectivity index (χ0) is 23.9. The molecule has 0 aliphatic rings. The molecule has 0 radical (unpaired) electrons. The number of rotatable bonds is 4. The molecular weight excluding hydrogens is 656 g/mol. The Labute approximate surface area is 232 Å². The van der Waals surface area contributed by atoms with Gasteiger partial charge in [0, 0.05) is 44.4 Å². The Morgan fingerprint density at radius 1 is 0.622 bits per heavy atom. The summed E-state index contributed by atoms with van der Waals surface area (Å²) < 4.78 is 8.57. The smallest absolute Gasteiger partial charge is 0.497 e. The third kappa shape index (κ3) is 4.44. The molecule has 0 bridgehead atoms. The van der Waals surface area contributed by atoms with E-state index >= 15 is 0 Å². The average Bonchev–Trinajstić information content (AvgIpc) is 3.30. The standard InChI is InChI=1S/C32H18N2OS.Pt/c1-2-8-22-20-30-28(19-21(22)7-1)27-14-16-34-31(32(27)36-30)24-10-6-12-26(18-24)35-25-11-5-9-23(17-25)29-13-3-4-15-33-29;/h1-16,19-20H;/q-2;+2. The fourth-order valence-electron chi connectivity index (χ4n) is 4.52. The average molecular weight is 674 g/mol. The minimum atomic E-state index is 0. The predicted octanol–water partition coefficient (Wildman–Crippen LogP) is 8.72. The number of pyridine rings is 2. The molecule has 37 heavy (non-hydrogen) atoms. The zero-order valence-corrected chi connectivity index (χ0v) is 22.5. The summed E-state index contributed by atoms with van der Waals surface area (Å²) in [5.74, 6) is 1.24. The summed E-state index contributed by atoms with van der Waals surface area (Å²) in [4.78, 5) is 9.17. The van der Waals surface area contributed by atoms with Crippen molar-refractivity contribution in [3.05, 3.63) is 122 Å². The normalized spacial score (nSPS) is 11.0. The first-order valence-corrected chi connectivity index (χ1v) is 12.5. The molecule has 0 aliphatic carbocycles. The van der Waals surface area contributed by atoms with Gasteiger partial charge in [-0.05, 0) is 46.1 Å². The van der Waals surface area contributed by atoms with Crippen molar-refractivity contribution in [1.82, 2.24) is 9.97 Å². The molecular formula is C32H18N2OPtS. The summed E-state index contributed by atoms with van der Waals surface area (Å²) in [6.07, 6.45) is 3.66. The van der Waals surface area contributed by atoms with Crippen LogP contribution in [0.2, 0.25) is 0 Å². The minimum Gasteiger partial charge on any atom is -0.497 e. The maximum absolute atomic E-state index is 6.16. The molecule has 178 valence electrons. The second kappa shape index (κ2) is 9.89. The van der Waals surface area contributed by atoms with Gasteiger partial charge in [-0.1, -0.05) is 48.5 Å². The summed E-state index contributed by atoms with van der Waals surface area (Å²) in [6, 6.07) is 39.4. The molecule has 3 nitrogen and oxygen atoms in total. The van der Waals surface area contributed by atoms with Gasteiger partial charge in [0.05, 0.1) is 0 Å². The number of benzene rings is 4. The first-order valence-electron chi connectivity index (χ1n) is 11.7. The number of hydrogen-bond acceptors (Lipinski definition) is 4. The molecule has 4 aromatic carbocycles. The second-order valence-electron chi connectivity index (χ2n) is 8.51. The molecule has 0 saturated carbocycles. The van der Waals surface area contributed by atoms with Crippen molar-refractivity contribution >= 4 is 42.3 Å². The Balaban J connectivity index is 0.00000252. The third-order valence-electron chi connectivity index (χ3n) is 6.21. The van der Waals surface area contributed by atoms with Crippen LogP contribution in [0.1, 0.15) is 0 Å². The Bertz CT molecular complexity index is 1880. The summed E-state index contributed by atoms with van der Waals surface area (Å²) in [5, 5.41) is 4.96. The minimum absolute atomic E-state index is 0. The van der Waals surface area contributed by atoms with E-state index in [0.717, 1.165) is 27.2 Å². The first kappa shape index (κ1) is 23.5. The van der Waals surface area contributed by atoms with Gasteiger partial charge in [0.1, 0.15) is 0 Å². The summed E-state index contributed by atoms with van der Waals surface area (Å²) in [7, 11) is 0. The number of hydrogen-bond donors (Lipinski definition) is 0. The Morgan fingerprint density at radius 2 is 1.35 bits per heavy atom. The third-order valence-corrected chi connectivity index (χ3v) is 7.38. The van der Waals surface area contributed by atoms with Crippen molar-refractivity contribution < 1.29 is 25.8 Å². The van der Waals surface area contributed by atoms with Gasteiger partial charge in [-0.15, -0.1) is 58.9 Å². The molecule has 7 rings (SSSR count). The molecule has 0 fully saturated rings. The summed E-state index contributed by atoms with van der Waals surface area (Å²) in [5.41, 5.74) is 3.55. The van der Waals surface area contributed by atoms with E-state index in [2.05, 4.69) is 59.6 Å². The molecule has 0 saturated heterocycles. The van der Waals surface area contributed by atoms with Crippen molar-refractivity contribution in [3.63, 3.8) is 0 Å². The zero-order valence-electron chi connectivity index (χ0n) is 19.4.